The summed E-state index contributed by atoms with van der Waals surface area (Å²) in [6.07, 6.45) is 0. The number of hydrogen-bond acceptors (Lipinski definition) is 0. The van der Waals surface area contributed by atoms with Gasteiger partial charge in [0, 0.05) is 0 Å². The molecule has 0 unspecified atom stereocenters. The molecule has 0 fully saturated rings. The first-order valence-electron chi connectivity index (χ1n) is 2.48. The Kier molecular flexibility index (Phi) is 1.65. The second-order valence-corrected chi connectivity index (χ2v) is 4.15. The van der Waals surface area contributed by atoms with E-state index in [1.54, 1.807) is 0 Å². The molecule has 0 aliphatic carbocycles. The van der Waals surface area contributed by atoms with Gasteiger partial charge in [0.15, 0.2) is 0 Å². The molecule has 0 aromatic heterocycles. The van der Waals surface area contributed by atoms with Crippen molar-refractivity contribution in [2.24, 2.45) is 5.92 Å². The summed E-state index contributed by atoms with van der Waals surface area (Å²) in [6, 6.07) is 0. The van der Waals surface area contributed by atoms with Crippen LogP contribution in [0, 0.1) is 10.0 Å². The molecule has 1 aliphatic heterocycles. The van der Waals surface area contributed by atoms with Crippen LogP contribution in [0.3, 0.4) is 0 Å². The fourth-order valence-electron chi connectivity index (χ4n) is 0.469. The Labute approximate surface area is 55.3 Å². The summed E-state index contributed by atoms with van der Waals surface area (Å²) in [5.41, 5.74) is 1.51. The first-order valence-corrected chi connectivity index (χ1v) is 5.08. The Morgan fingerprint density at radius 1 is 1.86 bits per heavy atom. The van der Waals surface area contributed by atoms with Gasteiger partial charge >= 0.3 is 55.1 Å². The van der Waals surface area contributed by atoms with Crippen LogP contribution in [-0.4, -0.2) is 4.43 Å². The van der Waals surface area contributed by atoms with E-state index in [0.717, 1.165) is 5.92 Å². The molecule has 1 heterocycles. The molecule has 0 spiro atoms. The molecule has 1 aliphatic rings. The van der Waals surface area contributed by atoms with E-state index in [0.29, 0.717) is 21.2 Å². The van der Waals surface area contributed by atoms with Crippen molar-refractivity contribution >= 4 is 0 Å². The molecule has 0 saturated carbocycles. The second-order valence-electron chi connectivity index (χ2n) is 1.97. The summed E-state index contributed by atoms with van der Waals surface area (Å²) in [4.78, 5) is 0. The Morgan fingerprint density at radius 3 is 2.71 bits per heavy atom. The third-order valence-corrected chi connectivity index (χ3v) is 4.26. The minimum atomic E-state index is 0.375. The average Bonchev–Trinajstić information content (AvgIpc) is 1.91. The zero-order valence-corrected chi connectivity index (χ0v) is 6.82. The van der Waals surface area contributed by atoms with E-state index in [4.69, 9.17) is 0 Å². The van der Waals surface area contributed by atoms with Gasteiger partial charge in [-0.15, -0.1) is 0 Å². The normalized spacial score (nSPS) is 30.6. The first kappa shape index (κ1) is 5.52. The third kappa shape index (κ3) is 1.14. The standard InChI is InChI=1S/C6H9I/c1-5-3-7-4-6(5)2/h5H,3H2,1-2H3/t5-/m1/s1. The Balaban J connectivity index is 2.54. The van der Waals surface area contributed by atoms with Gasteiger partial charge in [0.1, 0.15) is 0 Å². The molecule has 0 bridgehead atoms. The Bertz CT molecular complexity index is 94.4. The fraction of sp³-hybridized carbons (Fsp3) is 0.667. The van der Waals surface area contributed by atoms with E-state index >= 15 is 0 Å². The van der Waals surface area contributed by atoms with Gasteiger partial charge in [-0.05, 0) is 0 Å². The molecule has 0 N–H and O–H groups in total. The Morgan fingerprint density at radius 2 is 2.57 bits per heavy atom. The summed E-state index contributed by atoms with van der Waals surface area (Å²) in [6.45, 7) is 4.48. The van der Waals surface area contributed by atoms with Gasteiger partial charge in [0.2, 0.25) is 0 Å². The number of rotatable bonds is 0. The van der Waals surface area contributed by atoms with Crippen LogP contribution in [0.2, 0.25) is 0 Å². The van der Waals surface area contributed by atoms with Gasteiger partial charge in [0.25, 0.3) is 0 Å². The second kappa shape index (κ2) is 2.10. The van der Waals surface area contributed by atoms with Gasteiger partial charge in [-0.25, -0.2) is 0 Å². The molecule has 1 atom stereocenters. The molecular formula is C6H9I. The van der Waals surface area contributed by atoms with Gasteiger partial charge in [-0.1, -0.05) is 0 Å². The van der Waals surface area contributed by atoms with E-state index in [2.05, 4.69) is 17.9 Å². The van der Waals surface area contributed by atoms with Crippen molar-refractivity contribution in [1.29, 1.82) is 0 Å². The van der Waals surface area contributed by atoms with Crippen molar-refractivity contribution in [2.45, 2.75) is 13.8 Å². The zero-order valence-electron chi connectivity index (χ0n) is 4.66. The predicted molar refractivity (Wildman–Crippen MR) is 26.5 cm³/mol. The third-order valence-electron chi connectivity index (χ3n) is 1.26. The number of hydrogen-bond donors (Lipinski definition) is 0. The van der Waals surface area contributed by atoms with Crippen molar-refractivity contribution in [2.75, 3.05) is 4.43 Å². The zero-order chi connectivity index (χ0) is 5.28. The topological polar surface area (TPSA) is 0 Å². The summed E-state index contributed by atoms with van der Waals surface area (Å²) in [7, 11) is 0. The Hall–Kier alpha value is 0.380. The van der Waals surface area contributed by atoms with Crippen LogP contribution in [0.15, 0.2) is 5.57 Å². The van der Waals surface area contributed by atoms with E-state index in [1.165, 1.54) is 10.0 Å². The van der Waals surface area contributed by atoms with Crippen molar-refractivity contribution < 1.29 is 21.2 Å². The van der Waals surface area contributed by atoms with E-state index in [1.807, 2.05) is 0 Å². The molecule has 0 nitrogen and oxygen atoms in total. The predicted octanol–water partition coefficient (Wildman–Crippen LogP) is -1.57. The van der Waals surface area contributed by atoms with Crippen LogP contribution >= 0.6 is 0 Å². The van der Waals surface area contributed by atoms with Crippen LogP contribution in [0.25, 0.3) is 0 Å². The van der Waals surface area contributed by atoms with Crippen LogP contribution in [-0.2, 0) is 0 Å². The van der Waals surface area contributed by atoms with Gasteiger partial charge < -0.3 is 0 Å². The van der Waals surface area contributed by atoms with Gasteiger partial charge in [-0.2, -0.15) is 0 Å². The molecule has 1 rings (SSSR count). The number of alkyl halides is 1. The average molecular weight is 208 g/mol. The molecule has 0 amide bonds. The number of allylic oxidation sites excluding steroid dienone is 1. The quantitative estimate of drug-likeness (QED) is 0.256. The molecule has 0 radical (unpaired) electrons. The monoisotopic (exact) mass is 208 g/mol. The van der Waals surface area contributed by atoms with E-state index in [-0.39, 0.29) is 0 Å². The molecule has 7 heavy (non-hydrogen) atoms. The van der Waals surface area contributed by atoms with Crippen molar-refractivity contribution in [1.82, 2.24) is 0 Å². The fourth-order valence-corrected chi connectivity index (χ4v) is 3.14. The molecule has 0 aromatic rings. The maximum atomic E-state index is 3.40. The van der Waals surface area contributed by atoms with Crippen LogP contribution in [0.1, 0.15) is 13.8 Å². The SMILES string of the molecule is CC1=[C+][I-]C[C@H]1C. The minimum absolute atomic E-state index is 0.375. The first-order chi connectivity index (χ1) is 3.30. The molecule has 0 aromatic carbocycles. The van der Waals surface area contributed by atoms with Crippen molar-refractivity contribution in [3.05, 3.63) is 9.66 Å². The summed E-state index contributed by atoms with van der Waals surface area (Å²) in [5, 5.41) is 0. The molecule has 0 saturated heterocycles. The van der Waals surface area contributed by atoms with E-state index < -0.39 is 0 Å². The van der Waals surface area contributed by atoms with E-state index in [9.17, 15) is 0 Å². The molecule has 1 heteroatoms. The van der Waals surface area contributed by atoms with Gasteiger partial charge in [0.05, 0.1) is 0 Å². The van der Waals surface area contributed by atoms with Crippen LogP contribution in [0.4, 0.5) is 0 Å². The number of halogens is 1. The van der Waals surface area contributed by atoms with Crippen LogP contribution < -0.4 is 21.2 Å². The molecular weight excluding hydrogens is 199 g/mol. The summed E-state index contributed by atoms with van der Waals surface area (Å²) < 4.78 is 4.83. The van der Waals surface area contributed by atoms with Crippen LogP contribution in [0.5, 0.6) is 0 Å². The van der Waals surface area contributed by atoms with Crippen molar-refractivity contribution in [3.63, 3.8) is 0 Å². The maximum absolute atomic E-state index is 3.40. The van der Waals surface area contributed by atoms with Crippen molar-refractivity contribution in [3.8, 4) is 0 Å². The van der Waals surface area contributed by atoms with Gasteiger partial charge in [-0.3, -0.25) is 0 Å². The summed E-state index contributed by atoms with van der Waals surface area (Å²) >= 11 is 0.375. The molecule has 40 valence electrons. The summed E-state index contributed by atoms with van der Waals surface area (Å²) in [5.74, 6) is 0.868.